The van der Waals surface area contributed by atoms with Crippen LogP contribution in [0.4, 0.5) is 5.69 Å². The zero-order valence-corrected chi connectivity index (χ0v) is 15.3. The van der Waals surface area contributed by atoms with Crippen LogP contribution in [0, 0.1) is 13.8 Å². The molecular weight excluding hydrogens is 338 g/mol. The summed E-state index contributed by atoms with van der Waals surface area (Å²) in [6.07, 6.45) is 3.40. The van der Waals surface area contributed by atoms with Crippen molar-refractivity contribution >= 4 is 17.5 Å². The van der Waals surface area contributed by atoms with Crippen molar-refractivity contribution in [3.05, 3.63) is 94.8 Å². The average molecular weight is 359 g/mol. The van der Waals surface area contributed by atoms with Gasteiger partial charge < -0.3 is 10.6 Å². The molecule has 0 saturated heterocycles. The van der Waals surface area contributed by atoms with E-state index in [0.717, 1.165) is 22.4 Å². The van der Waals surface area contributed by atoms with Gasteiger partial charge in [-0.1, -0.05) is 18.2 Å². The first-order valence-corrected chi connectivity index (χ1v) is 8.69. The van der Waals surface area contributed by atoms with Crippen LogP contribution in [0.2, 0.25) is 0 Å². The maximum absolute atomic E-state index is 12.5. The molecule has 0 atom stereocenters. The largest absolute Gasteiger partial charge is 0.348 e. The Kier molecular flexibility index (Phi) is 5.61. The van der Waals surface area contributed by atoms with Crippen molar-refractivity contribution in [2.24, 2.45) is 0 Å². The van der Waals surface area contributed by atoms with Crippen LogP contribution in [0.1, 0.15) is 37.4 Å². The van der Waals surface area contributed by atoms with Crippen molar-refractivity contribution < 1.29 is 9.59 Å². The van der Waals surface area contributed by atoms with E-state index >= 15 is 0 Å². The van der Waals surface area contributed by atoms with E-state index in [9.17, 15) is 9.59 Å². The fourth-order valence-corrected chi connectivity index (χ4v) is 2.63. The predicted molar refractivity (Wildman–Crippen MR) is 106 cm³/mol. The molecule has 0 aliphatic carbocycles. The topological polar surface area (TPSA) is 71.1 Å². The van der Waals surface area contributed by atoms with E-state index in [-0.39, 0.29) is 11.8 Å². The normalized spacial score (nSPS) is 10.3. The molecule has 0 fully saturated rings. The molecule has 2 aromatic carbocycles. The lowest BCUT2D eigenvalue weighted by molar-refractivity contribution is 0.0949. The van der Waals surface area contributed by atoms with Crippen molar-refractivity contribution in [1.82, 2.24) is 10.3 Å². The monoisotopic (exact) mass is 359 g/mol. The second-order valence-corrected chi connectivity index (χ2v) is 6.39. The number of aromatic nitrogens is 1. The van der Waals surface area contributed by atoms with Crippen molar-refractivity contribution in [2.75, 3.05) is 5.32 Å². The standard InChI is InChI=1S/C22H21N3O2/c1-15-5-6-16(2)20(12-15)25-22(27)19-9-7-18(8-10-19)21(26)24-14-17-4-3-11-23-13-17/h3-13H,14H2,1-2H3,(H,24,26)(H,25,27). The number of aryl methyl sites for hydroxylation is 2. The van der Waals surface area contributed by atoms with Crippen molar-refractivity contribution in [3.8, 4) is 0 Å². The highest BCUT2D eigenvalue weighted by Crippen LogP contribution is 2.17. The number of rotatable bonds is 5. The van der Waals surface area contributed by atoms with Gasteiger partial charge in [0.25, 0.3) is 11.8 Å². The Hall–Kier alpha value is -3.47. The number of anilines is 1. The molecule has 136 valence electrons. The molecule has 1 heterocycles. The van der Waals surface area contributed by atoms with Gasteiger partial charge in [-0.25, -0.2) is 0 Å². The summed E-state index contributed by atoms with van der Waals surface area (Å²) in [6, 6.07) is 16.2. The van der Waals surface area contributed by atoms with Crippen molar-refractivity contribution in [1.29, 1.82) is 0 Å². The summed E-state index contributed by atoms with van der Waals surface area (Å²) in [5, 5.41) is 5.75. The summed E-state index contributed by atoms with van der Waals surface area (Å²) in [4.78, 5) is 28.7. The van der Waals surface area contributed by atoms with E-state index in [1.165, 1.54) is 0 Å². The number of benzene rings is 2. The van der Waals surface area contributed by atoms with Crippen LogP contribution in [0.25, 0.3) is 0 Å². The van der Waals surface area contributed by atoms with Gasteiger partial charge in [0.05, 0.1) is 0 Å². The van der Waals surface area contributed by atoms with E-state index in [4.69, 9.17) is 0 Å². The molecule has 0 bridgehead atoms. The first-order valence-electron chi connectivity index (χ1n) is 8.69. The number of carbonyl (C=O) groups is 2. The summed E-state index contributed by atoms with van der Waals surface area (Å²) in [7, 11) is 0. The Bertz CT molecular complexity index is 951. The van der Waals surface area contributed by atoms with Gasteiger partial charge in [-0.3, -0.25) is 14.6 Å². The van der Waals surface area contributed by atoms with E-state index < -0.39 is 0 Å². The summed E-state index contributed by atoms with van der Waals surface area (Å²) in [6.45, 7) is 4.33. The molecule has 2 N–H and O–H groups in total. The van der Waals surface area contributed by atoms with Crippen LogP contribution in [0.15, 0.2) is 67.0 Å². The maximum atomic E-state index is 12.5. The van der Waals surface area contributed by atoms with Crippen LogP contribution in [-0.4, -0.2) is 16.8 Å². The minimum absolute atomic E-state index is 0.194. The third kappa shape index (κ3) is 4.79. The van der Waals surface area contributed by atoms with Gasteiger partial charge in [0.1, 0.15) is 0 Å². The van der Waals surface area contributed by atoms with Gasteiger partial charge in [0, 0.05) is 35.8 Å². The number of nitrogens with zero attached hydrogens (tertiary/aromatic N) is 1. The van der Waals surface area contributed by atoms with Crippen LogP contribution < -0.4 is 10.6 Å². The molecule has 0 radical (unpaired) electrons. The number of hydrogen-bond donors (Lipinski definition) is 2. The lowest BCUT2D eigenvalue weighted by atomic mass is 10.1. The summed E-state index contributed by atoms with van der Waals surface area (Å²) in [5.74, 6) is -0.397. The van der Waals surface area contributed by atoms with Gasteiger partial charge >= 0.3 is 0 Å². The Labute approximate surface area is 158 Å². The highest BCUT2D eigenvalue weighted by Gasteiger charge is 2.10. The number of hydrogen-bond acceptors (Lipinski definition) is 3. The number of amides is 2. The first kappa shape index (κ1) is 18.3. The van der Waals surface area contributed by atoms with Crippen LogP contribution in [-0.2, 0) is 6.54 Å². The van der Waals surface area contributed by atoms with E-state index in [0.29, 0.717) is 17.7 Å². The van der Waals surface area contributed by atoms with Crippen LogP contribution >= 0.6 is 0 Å². The molecule has 0 unspecified atom stereocenters. The summed E-state index contributed by atoms with van der Waals surface area (Å²) >= 11 is 0. The fourth-order valence-electron chi connectivity index (χ4n) is 2.63. The van der Waals surface area contributed by atoms with Crippen LogP contribution in [0.5, 0.6) is 0 Å². The Morgan fingerprint density at radius 1 is 0.926 bits per heavy atom. The van der Waals surface area contributed by atoms with Gasteiger partial charge in [-0.2, -0.15) is 0 Å². The highest BCUT2D eigenvalue weighted by atomic mass is 16.2. The molecule has 1 aromatic heterocycles. The van der Waals surface area contributed by atoms with Crippen LogP contribution in [0.3, 0.4) is 0 Å². The Morgan fingerprint density at radius 3 is 2.30 bits per heavy atom. The zero-order chi connectivity index (χ0) is 19.2. The highest BCUT2D eigenvalue weighted by molar-refractivity contribution is 6.05. The van der Waals surface area contributed by atoms with E-state index in [1.54, 1.807) is 36.7 Å². The van der Waals surface area contributed by atoms with Gasteiger partial charge in [-0.05, 0) is 66.9 Å². The molecule has 3 rings (SSSR count). The molecule has 0 saturated carbocycles. The predicted octanol–water partition coefficient (Wildman–Crippen LogP) is 3.88. The molecular formula is C22H21N3O2. The lowest BCUT2D eigenvalue weighted by Crippen LogP contribution is -2.23. The maximum Gasteiger partial charge on any atom is 0.255 e. The lowest BCUT2D eigenvalue weighted by Gasteiger charge is -2.10. The SMILES string of the molecule is Cc1ccc(C)c(NC(=O)c2ccc(C(=O)NCc3cccnc3)cc2)c1. The summed E-state index contributed by atoms with van der Waals surface area (Å²) < 4.78 is 0. The minimum atomic E-state index is -0.203. The Morgan fingerprint density at radius 2 is 1.63 bits per heavy atom. The molecule has 5 heteroatoms. The first-order chi connectivity index (χ1) is 13.0. The minimum Gasteiger partial charge on any atom is -0.348 e. The molecule has 2 amide bonds. The molecule has 0 aliphatic heterocycles. The number of carbonyl (C=O) groups excluding carboxylic acids is 2. The molecule has 0 spiro atoms. The Balaban J connectivity index is 1.63. The molecule has 3 aromatic rings. The van der Waals surface area contributed by atoms with Crippen molar-refractivity contribution in [3.63, 3.8) is 0 Å². The van der Waals surface area contributed by atoms with E-state index in [1.807, 2.05) is 44.2 Å². The fraction of sp³-hybridized carbons (Fsp3) is 0.136. The number of pyridine rings is 1. The van der Waals surface area contributed by atoms with Gasteiger partial charge in [-0.15, -0.1) is 0 Å². The second kappa shape index (κ2) is 8.27. The average Bonchev–Trinajstić information content (AvgIpc) is 2.70. The molecule has 27 heavy (non-hydrogen) atoms. The molecule has 5 nitrogen and oxygen atoms in total. The molecule has 0 aliphatic rings. The quantitative estimate of drug-likeness (QED) is 0.726. The number of nitrogens with one attached hydrogen (secondary N) is 2. The third-order valence-electron chi connectivity index (χ3n) is 4.23. The van der Waals surface area contributed by atoms with Gasteiger partial charge in [0.2, 0.25) is 0 Å². The zero-order valence-electron chi connectivity index (χ0n) is 15.3. The second-order valence-electron chi connectivity index (χ2n) is 6.39. The summed E-state index contributed by atoms with van der Waals surface area (Å²) in [5.41, 5.74) is 4.80. The van der Waals surface area contributed by atoms with E-state index in [2.05, 4.69) is 15.6 Å². The van der Waals surface area contributed by atoms with Crippen molar-refractivity contribution in [2.45, 2.75) is 20.4 Å². The van der Waals surface area contributed by atoms with Gasteiger partial charge in [0.15, 0.2) is 0 Å². The third-order valence-corrected chi connectivity index (χ3v) is 4.23. The smallest absolute Gasteiger partial charge is 0.255 e.